The molecule has 2 aromatic rings. The number of amides is 3. The number of aliphatic hydroxyl groups is 1. The molecule has 0 unspecified atom stereocenters. The van der Waals surface area contributed by atoms with Crippen LogP contribution in [0.1, 0.15) is 17.2 Å². The summed E-state index contributed by atoms with van der Waals surface area (Å²) in [5, 5.41) is 12.6. The van der Waals surface area contributed by atoms with Gasteiger partial charge in [0.05, 0.1) is 25.8 Å². The van der Waals surface area contributed by atoms with Crippen molar-refractivity contribution in [2.75, 3.05) is 19.7 Å². The third kappa shape index (κ3) is 4.23. The van der Waals surface area contributed by atoms with Crippen molar-refractivity contribution in [1.29, 1.82) is 0 Å². The molecule has 3 amide bonds. The first-order chi connectivity index (χ1) is 12.1. The number of β-amino-alcohol motifs (C(OH)–C–C–N with tert-alkyl or cyclic N) is 1. The molecule has 1 aliphatic rings. The minimum Gasteiger partial charge on any atom is -0.389 e. The standard InChI is InChI=1S/C19H20N2O4/c22-16(12-21-17(23)11-20-19(21)24)13-25-18(14-7-3-1-4-8-14)15-9-5-2-6-10-15/h1-10,16,18,22H,11-13H2,(H,20,24)/t16-/m0/s1. The molecule has 1 atom stereocenters. The van der Waals surface area contributed by atoms with Crippen molar-refractivity contribution < 1.29 is 19.4 Å². The van der Waals surface area contributed by atoms with Crippen molar-refractivity contribution >= 4 is 11.9 Å². The number of carbonyl (C=O) groups is 2. The predicted octanol–water partition coefficient (Wildman–Crippen LogP) is 1.71. The van der Waals surface area contributed by atoms with Crippen LogP contribution in [0.5, 0.6) is 0 Å². The fraction of sp³-hybridized carbons (Fsp3) is 0.263. The third-order valence-corrected chi connectivity index (χ3v) is 3.99. The molecule has 0 radical (unpaired) electrons. The fourth-order valence-electron chi connectivity index (χ4n) is 2.75. The first-order valence-electron chi connectivity index (χ1n) is 8.13. The Hall–Kier alpha value is -2.70. The summed E-state index contributed by atoms with van der Waals surface area (Å²) in [4.78, 5) is 24.1. The summed E-state index contributed by atoms with van der Waals surface area (Å²) in [7, 11) is 0. The number of hydrogen-bond donors (Lipinski definition) is 2. The number of nitrogens with one attached hydrogen (secondary N) is 1. The number of imide groups is 1. The number of ether oxygens (including phenoxy) is 1. The van der Waals surface area contributed by atoms with Crippen LogP contribution in [-0.2, 0) is 9.53 Å². The molecule has 25 heavy (non-hydrogen) atoms. The van der Waals surface area contributed by atoms with E-state index in [4.69, 9.17) is 4.74 Å². The van der Waals surface area contributed by atoms with Gasteiger partial charge in [0.1, 0.15) is 6.10 Å². The Labute approximate surface area is 146 Å². The van der Waals surface area contributed by atoms with E-state index in [1.54, 1.807) is 0 Å². The summed E-state index contributed by atoms with van der Waals surface area (Å²) in [5.41, 5.74) is 1.94. The van der Waals surface area contributed by atoms with E-state index in [9.17, 15) is 14.7 Å². The Kier molecular flexibility index (Phi) is 5.42. The summed E-state index contributed by atoms with van der Waals surface area (Å²) in [6.45, 7) is -0.102. The van der Waals surface area contributed by atoms with E-state index in [1.807, 2.05) is 60.7 Å². The topological polar surface area (TPSA) is 78.9 Å². The molecule has 1 fully saturated rings. The number of carbonyl (C=O) groups excluding carboxylic acids is 2. The largest absolute Gasteiger partial charge is 0.389 e. The minimum atomic E-state index is -0.956. The quantitative estimate of drug-likeness (QED) is 0.752. The van der Waals surface area contributed by atoms with Gasteiger partial charge in [0.25, 0.3) is 0 Å². The Morgan fingerprint density at radius 2 is 1.56 bits per heavy atom. The number of nitrogens with zero attached hydrogens (tertiary/aromatic N) is 1. The number of rotatable bonds is 7. The van der Waals surface area contributed by atoms with Crippen molar-refractivity contribution in [1.82, 2.24) is 10.2 Å². The normalized spacial score (nSPS) is 15.5. The summed E-state index contributed by atoms with van der Waals surface area (Å²) < 4.78 is 5.94. The van der Waals surface area contributed by atoms with E-state index in [-0.39, 0.29) is 31.7 Å². The van der Waals surface area contributed by atoms with Crippen molar-refractivity contribution in [3.05, 3.63) is 71.8 Å². The second-order valence-corrected chi connectivity index (χ2v) is 5.85. The zero-order valence-electron chi connectivity index (χ0n) is 13.7. The molecule has 1 aliphatic heterocycles. The van der Waals surface area contributed by atoms with Gasteiger partial charge in [-0.2, -0.15) is 0 Å². The molecule has 0 aromatic heterocycles. The molecule has 2 aromatic carbocycles. The van der Waals surface area contributed by atoms with E-state index in [2.05, 4.69) is 5.32 Å². The lowest BCUT2D eigenvalue weighted by atomic mass is 10.0. The molecule has 1 heterocycles. The highest BCUT2D eigenvalue weighted by atomic mass is 16.5. The molecule has 6 heteroatoms. The Bertz CT molecular complexity index is 665. The molecular weight excluding hydrogens is 320 g/mol. The Balaban J connectivity index is 1.67. The number of aliphatic hydroxyl groups excluding tert-OH is 1. The molecule has 2 N–H and O–H groups in total. The van der Waals surface area contributed by atoms with Crippen LogP contribution in [0.4, 0.5) is 4.79 Å². The van der Waals surface area contributed by atoms with Crippen molar-refractivity contribution in [2.45, 2.75) is 12.2 Å². The minimum absolute atomic E-state index is 0.00547. The highest BCUT2D eigenvalue weighted by molar-refractivity contribution is 6.01. The maximum atomic E-state index is 11.6. The average molecular weight is 340 g/mol. The smallest absolute Gasteiger partial charge is 0.324 e. The zero-order valence-corrected chi connectivity index (χ0v) is 13.7. The molecule has 3 rings (SSSR count). The first-order valence-corrected chi connectivity index (χ1v) is 8.13. The molecule has 0 bridgehead atoms. The average Bonchev–Trinajstić information content (AvgIpc) is 2.96. The third-order valence-electron chi connectivity index (χ3n) is 3.99. The van der Waals surface area contributed by atoms with Gasteiger partial charge in [-0.05, 0) is 11.1 Å². The van der Waals surface area contributed by atoms with Gasteiger partial charge in [-0.1, -0.05) is 60.7 Å². The van der Waals surface area contributed by atoms with Gasteiger partial charge in [-0.3, -0.25) is 9.69 Å². The van der Waals surface area contributed by atoms with E-state index in [0.29, 0.717) is 0 Å². The summed E-state index contributed by atoms with van der Waals surface area (Å²) in [6, 6.07) is 18.9. The number of urea groups is 1. The summed E-state index contributed by atoms with van der Waals surface area (Å²) in [5.74, 6) is -0.341. The lowest BCUT2D eigenvalue weighted by Gasteiger charge is -2.22. The van der Waals surface area contributed by atoms with Crippen LogP contribution < -0.4 is 5.32 Å². The second-order valence-electron chi connectivity index (χ2n) is 5.85. The maximum Gasteiger partial charge on any atom is 0.324 e. The monoisotopic (exact) mass is 340 g/mol. The van der Waals surface area contributed by atoms with Gasteiger partial charge >= 0.3 is 6.03 Å². The van der Waals surface area contributed by atoms with Crippen molar-refractivity contribution in [3.63, 3.8) is 0 Å². The SMILES string of the molecule is O=C1CNC(=O)N1C[C@H](O)COC(c1ccccc1)c1ccccc1. The Morgan fingerprint density at radius 1 is 1.00 bits per heavy atom. The van der Waals surface area contributed by atoms with Crippen LogP contribution >= 0.6 is 0 Å². The summed E-state index contributed by atoms with van der Waals surface area (Å²) in [6.07, 6.45) is -1.29. The lowest BCUT2D eigenvalue weighted by molar-refractivity contribution is -0.126. The first kappa shape index (κ1) is 17.1. The molecule has 1 saturated heterocycles. The van der Waals surface area contributed by atoms with Crippen LogP contribution in [-0.4, -0.2) is 47.7 Å². The van der Waals surface area contributed by atoms with Gasteiger partial charge in [-0.25, -0.2) is 4.79 Å². The molecular formula is C19H20N2O4. The highest BCUT2D eigenvalue weighted by Gasteiger charge is 2.30. The van der Waals surface area contributed by atoms with Gasteiger partial charge in [0.15, 0.2) is 0 Å². The van der Waals surface area contributed by atoms with E-state index in [1.165, 1.54) is 0 Å². The van der Waals surface area contributed by atoms with Gasteiger partial charge in [-0.15, -0.1) is 0 Å². The molecule has 0 spiro atoms. The highest BCUT2D eigenvalue weighted by Crippen LogP contribution is 2.25. The van der Waals surface area contributed by atoms with Gasteiger partial charge in [0, 0.05) is 0 Å². The lowest BCUT2D eigenvalue weighted by Crippen LogP contribution is -2.39. The van der Waals surface area contributed by atoms with Crippen LogP contribution in [0.2, 0.25) is 0 Å². The summed E-state index contributed by atoms with van der Waals surface area (Å²) >= 11 is 0. The van der Waals surface area contributed by atoms with Crippen LogP contribution in [0.25, 0.3) is 0 Å². The molecule has 0 saturated carbocycles. The predicted molar refractivity (Wildman–Crippen MR) is 91.8 cm³/mol. The Morgan fingerprint density at radius 3 is 2.04 bits per heavy atom. The van der Waals surface area contributed by atoms with Gasteiger partial charge in [0.2, 0.25) is 5.91 Å². The van der Waals surface area contributed by atoms with Crippen LogP contribution in [0.15, 0.2) is 60.7 Å². The van der Waals surface area contributed by atoms with E-state index < -0.39 is 12.1 Å². The second kappa shape index (κ2) is 7.92. The van der Waals surface area contributed by atoms with Crippen LogP contribution in [0.3, 0.4) is 0 Å². The molecule has 130 valence electrons. The number of benzene rings is 2. The molecule has 6 nitrogen and oxygen atoms in total. The van der Waals surface area contributed by atoms with Gasteiger partial charge < -0.3 is 15.2 Å². The maximum absolute atomic E-state index is 11.6. The van der Waals surface area contributed by atoms with E-state index >= 15 is 0 Å². The van der Waals surface area contributed by atoms with E-state index in [0.717, 1.165) is 16.0 Å². The fourth-order valence-corrected chi connectivity index (χ4v) is 2.75. The zero-order chi connectivity index (χ0) is 17.6. The number of hydrogen-bond acceptors (Lipinski definition) is 4. The van der Waals surface area contributed by atoms with Crippen molar-refractivity contribution in [2.24, 2.45) is 0 Å². The van der Waals surface area contributed by atoms with Crippen LogP contribution in [0, 0.1) is 0 Å². The molecule has 0 aliphatic carbocycles. The van der Waals surface area contributed by atoms with Crippen molar-refractivity contribution in [3.8, 4) is 0 Å².